The molecule has 1 aliphatic rings. The fourth-order valence-corrected chi connectivity index (χ4v) is 2.72. The second kappa shape index (κ2) is 3.38. The lowest BCUT2D eigenvalue weighted by Gasteiger charge is -2.04. The van der Waals surface area contributed by atoms with Crippen molar-refractivity contribution in [2.24, 2.45) is 0 Å². The van der Waals surface area contributed by atoms with Gasteiger partial charge < -0.3 is 5.11 Å². The second-order valence-electron chi connectivity index (χ2n) is 4.45. The highest BCUT2D eigenvalue weighted by Crippen LogP contribution is 2.45. The molecule has 1 heterocycles. The van der Waals surface area contributed by atoms with Crippen molar-refractivity contribution in [3.63, 3.8) is 0 Å². The molecule has 2 aromatic carbocycles. The van der Waals surface area contributed by atoms with Crippen molar-refractivity contribution in [1.29, 1.82) is 0 Å². The highest BCUT2D eigenvalue weighted by molar-refractivity contribution is 6.18. The number of fused-ring (bicyclic) bond motifs is 3. The van der Waals surface area contributed by atoms with E-state index in [1.807, 2.05) is 24.3 Å². The normalized spacial score (nSPS) is 11.6. The molecule has 0 spiro atoms. The molecule has 0 bridgehead atoms. The Labute approximate surface area is 108 Å². The summed E-state index contributed by atoms with van der Waals surface area (Å²) >= 11 is 0. The van der Waals surface area contributed by atoms with E-state index in [4.69, 9.17) is 0 Å². The molecule has 1 N–H and O–H groups in total. The standard InChI is InChI=1S/C15H8N2O2/c18-15(19)9-4-5-11-12-8(9)2-1-3-10(12)13-14(11)17-7-6-16-13/h1-7H,(H,18,19). The van der Waals surface area contributed by atoms with Crippen molar-refractivity contribution < 1.29 is 9.90 Å². The van der Waals surface area contributed by atoms with Crippen LogP contribution in [-0.4, -0.2) is 21.0 Å². The van der Waals surface area contributed by atoms with Crippen LogP contribution in [0.1, 0.15) is 10.4 Å². The Balaban J connectivity index is 2.23. The number of carboxylic acid groups (broad SMARTS) is 1. The first-order valence-corrected chi connectivity index (χ1v) is 5.88. The zero-order chi connectivity index (χ0) is 13.0. The largest absolute Gasteiger partial charge is 0.478 e. The Bertz CT molecular complexity index is 827. The second-order valence-corrected chi connectivity index (χ2v) is 4.45. The van der Waals surface area contributed by atoms with Crippen LogP contribution in [0.25, 0.3) is 33.3 Å². The molecular formula is C15H8N2O2. The molecule has 0 unspecified atom stereocenters. The van der Waals surface area contributed by atoms with Crippen LogP contribution in [0.3, 0.4) is 0 Å². The number of carbonyl (C=O) groups is 1. The number of carboxylic acids is 1. The van der Waals surface area contributed by atoms with Gasteiger partial charge in [0.15, 0.2) is 0 Å². The van der Waals surface area contributed by atoms with Crippen LogP contribution in [0, 0.1) is 0 Å². The van der Waals surface area contributed by atoms with E-state index in [0.29, 0.717) is 5.56 Å². The number of aromatic carboxylic acids is 1. The Morgan fingerprint density at radius 1 is 0.947 bits per heavy atom. The van der Waals surface area contributed by atoms with E-state index in [9.17, 15) is 9.90 Å². The Morgan fingerprint density at radius 3 is 2.32 bits per heavy atom. The molecule has 0 radical (unpaired) electrons. The molecule has 3 aromatic rings. The van der Waals surface area contributed by atoms with Crippen LogP contribution >= 0.6 is 0 Å². The number of benzene rings is 2. The molecule has 4 rings (SSSR count). The Morgan fingerprint density at radius 2 is 1.63 bits per heavy atom. The summed E-state index contributed by atoms with van der Waals surface area (Å²) in [5.74, 6) is -0.916. The van der Waals surface area contributed by atoms with Crippen molar-refractivity contribution >= 4 is 16.7 Å². The fraction of sp³-hybridized carbons (Fsp3) is 0. The van der Waals surface area contributed by atoms with E-state index in [-0.39, 0.29) is 0 Å². The van der Waals surface area contributed by atoms with Gasteiger partial charge >= 0.3 is 5.97 Å². The first-order chi connectivity index (χ1) is 9.27. The summed E-state index contributed by atoms with van der Waals surface area (Å²) in [6, 6.07) is 9.09. The maximum atomic E-state index is 11.3. The van der Waals surface area contributed by atoms with Gasteiger partial charge in [-0.3, -0.25) is 9.97 Å². The third kappa shape index (κ3) is 1.20. The minimum atomic E-state index is -0.916. The van der Waals surface area contributed by atoms with Crippen molar-refractivity contribution in [3.8, 4) is 22.5 Å². The predicted octanol–water partition coefficient (Wildman–Crippen LogP) is 2.98. The molecule has 90 valence electrons. The van der Waals surface area contributed by atoms with Gasteiger partial charge in [-0.2, -0.15) is 0 Å². The summed E-state index contributed by atoms with van der Waals surface area (Å²) in [4.78, 5) is 20.0. The smallest absolute Gasteiger partial charge is 0.336 e. The number of hydrogen-bond donors (Lipinski definition) is 1. The van der Waals surface area contributed by atoms with Gasteiger partial charge in [0, 0.05) is 28.9 Å². The molecule has 0 saturated carbocycles. The van der Waals surface area contributed by atoms with Gasteiger partial charge in [0.1, 0.15) is 0 Å². The van der Waals surface area contributed by atoms with Crippen LogP contribution in [0.15, 0.2) is 42.7 Å². The first kappa shape index (κ1) is 10.2. The van der Waals surface area contributed by atoms with E-state index < -0.39 is 5.97 Å². The van der Waals surface area contributed by atoms with Gasteiger partial charge in [-0.1, -0.05) is 24.3 Å². The van der Waals surface area contributed by atoms with Gasteiger partial charge in [-0.05, 0) is 11.5 Å². The van der Waals surface area contributed by atoms with Crippen molar-refractivity contribution in [2.45, 2.75) is 0 Å². The van der Waals surface area contributed by atoms with Crippen molar-refractivity contribution in [1.82, 2.24) is 9.97 Å². The summed E-state index contributed by atoms with van der Waals surface area (Å²) in [5, 5.41) is 10.9. The fourth-order valence-electron chi connectivity index (χ4n) is 2.72. The van der Waals surface area contributed by atoms with Crippen molar-refractivity contribution in [3.05, 3.63) is 48.3 Å². The molecule has 0 amide bonds. The van der Waals surface area contributed by atoms with Gasteiger partial charge in [0.05, 0.1) is 17.0 Å². The first-order valence-electron chi connectivity index (χ1n) is 5.88. The monoisotopic (exact) mass is 248 g/mol. The zero-order valence-corrected chi connectivity index (χ0v) is 9.79. The minimum Gasteiger partial charge on any atom is -0.478 e. The van der Waals surface area contributed by atoms with Gasteiger partial charge in [0.25, 0.3) is 0 Å². The van der Waals surface area contributed by atoms with E-state index >= 15 is 0 Å². The maximum absolute atomic E-state index is 11.3. The minimum absolute atomic E-state index is 0.313. The summed E-state index contributed by atoms with van der Waals surface area (Å²) in [5.41, 5.74) is 3.88. The van der Waals surface area contributed by atoms with Gasteiger partial charge in [0.2, 0.25) is 0 Å². The van der Waals surface area contributed by atoms with E-state index in [0.717, 1.165) is 33.3 Å². The SMILES string of the molecule is O=C(O)c1ccc2c3c(cccc13)-c1nccnc1-2. The quantitative estimate of drug-likeness (QED) is 0.562. The lowest BCUT2D eigenvalue weighted by molar-refractivity contribution is 0.0699. The van der Waals surface area contributed by atoms with Crippen LogP contribution in [0.5, 0.6) is 0 Å². The molecule has 1 aliphatic carbocycles. The van der Waals surface area contributed by atoms with Crippen LogP contribution in [0.4, 0.5) is 0 Å². The highest BCUT2D eigenvalue weighted by Gasteiger charge is 2.25. The van der Waals surface area contributed by atoms with Gasteiger partial charge in [-0.15, -0.1) is 0 Å². The summed E-state index contributed by atoms with van der Waals surface area (Å²) in [6.45, 7) is 0. The van der Waals surface area contributed by atoms with E-state index in [1.54, 1.807) is 18.5 Å². The Hall–Kier alpha value is -2.75. The number of hydrogen-bond acceptors (Lipinski definition) is 3. The van der Waals surface area contributed by atoms with E-state index in [2.05, 4.69) is 9.97 Å². The highest BCUT2D eigenvalue weighted by atomic mass is 16.4. The maximum Gasteiger partial charge on any atom is 0.336 e. The molecule has 4 heteroatoms. The number of nitrogens with zero attached hydrogens (tertiary/aromatic N) is 2. The number of rotatable bonds is 1. The predicted molar refractivity (Wildman–Crippen MR) is 70.9 cm³/mol. The summed E-state index contributed by atoms with van der Waals surface area (Å²) < 4.78 is 0. The lowest BCUT2D eigenvalue weighted by Crippen LogP contribution is -1.97. The van der Waals surface area contributed by atoms with E-state index in [1.165, 1.54) is 0 Å². The lowest BCUT2D eigenvalue weighted by atomic mass is 9.99. The summed E-state index contributed by atoms with van der Waals surface area (Å²) in [6.07, 6.45) is 3.31. The third-order valence-corrected chi connectivity index (χ3v) is 3.48. The molecule has 4 nitrogen and oxygen atoms in total. The van der Waals surface area contributed by atoms with Crippen molar-refractivity contribution in [2.75, 3.05) is 0 Å². The molecular weight excluding hydrogens is 240 g/mol. The topological polar surface area (TPSA) is 63.1 Å². The molecule has 1 aromatic heterocycles. The average Bonchev–Trinajstić information content (AvgIpc) is 2.76. The number of aromatic nitrogens is 2. The zero-order valence-electron chi connectivity index (χ0n) is 9.79. The van der Waals surface area contributed by atoms with Crippen LogP contribution in [0.2, 0.25) is 0 Å². The third-order valence-electron chi connectivity index (χ3n) is 3.48. The summed E-state index contributed by atoms with van der Waals surface area (Å²) in [7, 11) is 0. The van der Waals surface area contributed by atoms with Gasteiger partial charge in [-0.25, -0.2) is 4.79 Å². The molecule has 0 aliphatic heterocycles. The molecule has 0 saturated heterocycles. The molecule has 19 heavy (non-hydrogen) atoms. The average molecular weight is 248 g/mol. The molecule has 0 atom stereocenters. The van der Waals surface area contributed by atoms with Crippen LogP contribution < -0.4 is 0 Å². The molecule has 0 fully saturated rings. The van der Waals surface area contributed by atoms with Crippen LogP contribution in [-0.2, 0) is 0 Å². The Kier molecular flexibility index (Phi) is 1.82.